The van der Waals surface area contributed by atoms with Gasteiger partial charge in [-0.05, 0) is 46.4 Å². The van der Waals surface area contributed by atoms with E-state index in [2.05, 4.69) is 46.9 Å². The summed E-state index contributed by atoms with van der Waals surface area (Å²) in [6.07, 6.45) is 0. The molecule has 3 heteroatoms. The van der Waals surface area contributed by atoms with Gasteiger partial charge in [0.2, 0.25) is 0 Å². The second kappa shape index (κ2) is 4.94. The molecule has 0 aromatic heterocycles. The van der Waals surface area contributed by atoms with Gasteiger partial charge in [0.05, 0.1) is 0 Å². The van der Waals surface area contributed by atoms with Gasteiger partial charge >= 0.3 is 0 Å². The summed E-state index contributed by atoms with van der Waals surface area (Å²) in [5, 5.41) is 0.707. The number of hydrogen-bond acceptors (Lipinski definition) is 1. The molecule has 0 aliphatic carbocycles. The van der Waals surface area contributed by atoms with E-state index in [4.69, 9.17) is 16.3 Å². The first-order chi connectivity index (χ1) is 8.75. The minimum absolute atomic E-state index is 0.609. The van der Waals surface area contributed by atoms with E-state index < -0.39 is 0 Å². The second-order valence-corrected chi connectivity index (χ2v) is 5.81. The molecule has 0 saturated carbocycles. The smallest absolute Gasteiger partial charge is 0.129 e. The lowest BCUT2D eigenvalue weighted by molar-refractivity contribution is 0.356. The van der Waals surface area contributed by atoms with Crippen molar-refractivity contribution in [2.24, 2.45) is 0 Å². The number of ether oxygens (including phenoxy) is 1. The first-order valence-electron chi connectivity index (χ1n) is 5.62. The summed E-state index contributed by atoms with van der Waals surface area (Å²) < 4.78 is 6.93. The van der Waals surface area contributed by atoms with Crippen LogP contribution < -0.4 is 4.74 Å². The molecule has 1 aliphatic rings. The van der Waals surface area contributed by atoms with Crippen molar-refractivity contribution < 1.29 is 4.74 Å². The van der Waals surface area contributed by atoms with Gasteiger partial charge in [-0.25, -0.2) is 0 Å². The van der Waals surface area contributed by atoms with Crippen LogP contribution >= 0.6 is 34.2 Å². The maximum atomic E-state index is 6.01. The molecule has 1 aliphatic heterocycles. The predicted octanol–water partition coefficient (Wildman–Crippen LogP) is 4.93. The Bertz CT molecular complexity index is 620. The summed E-state index contributed by atoms with van der Waals surface area (Å²) in [5.41, 5.74) is 3.57. The maximum Gasteiger partial charge on any atom is 0.129 e. The monoisotopic (exact) mass is 368 g/mol. The molecule has 0 unspecified atom stereocenters. The number of benzene rings is 2. The molecule has 90 valence electrons. The third-order valence-electron chi connectivity index (χ3n) is 2.90. The summed E-state index contributed by atoms with van der Waals surface area (Å²) in [6, 6.07) is 16.2. The molecular weight excluding hydrogens is 359 g/mol. The van der Waals surface area contributed by atoms with Crippen LogP contribution in [0.2, 0.25) is 5.02 Å². The first kappa shape index (κ1) is 12.1. The lowest BCUT2D eigenvalue weighted by Crippen LogP contribution is -2.08. The van der Waals surface area contributed by atoms with Crippen LogP contribution in [-0.2, 0) is 0 Å². The summed E-state index contributed by atoms with van der Waals surface area (Å²) in [5.74, 6) is 0.863. The zero-order chi connectivity index (χ0) is 12.5. The first-order valence-corrected chi connectivity index (χ1v) is 7.08. The molecule has 0 N–H and O–H groups in total. The fraction of sp³-hybridized carbons (Fsp3) is 0.0667. The molecule has 2 aromatic rings. The Labute approximate surface area is 125 Å². The van der Waals surface area contributed by atoms with E-state index in [0.717, 1.165) is 11.3 Å². The van der Waals surface area contributed by atoms with E-state index in [9.17, 15) is 0 Å². The fourth-order valence-electron chi connectivity index (χ4n) is 2.10. The van der Waals surface area contributed by atoms with Crippen LogP contribution in [0, 0.1) is 0 Å². The molecule has 0 saturated heterocycles. The average molecular weight is 369 g/mol. The van der Waals surface area contributed by atoms with Gasteiger partial charge in [-0.2, -0.15) is 0 Å². The highest BCUT2D eigenvalue weighted by Gasteiger charge is 2.20. The predicted molar refractivity (Wildman–Crippen MR) is 83.4 cm³/mol. The van der Waals surface area contributed by atoms with Crippen molar-refractivity contribution >= 4 is 39.8 Å². The highest BCUT2D eigenvalue weighted by molar-refractivity contribution is 14.1. The van der Waals surface area contributed by atoms with Gasteiger partial charge in [0.15, 0.2) is 0 Å². The molecule has 0 atom stereocenters. The van der Waals surface area contributed by atoms with Crippen molar-refractivity contribution in [2.75, 3.05) is 6.61 Å². The van der Waals surface area contributed by atoms with E-state index >= 15 is 0 Å². The van der Waals surface area contributed by atoms with E-state index in [1.807, 2.05) is 24.3 Å². The Kier molecular flexibility index (Phi) is 3.31. The molecule has 0 radical (unpaired) electrons. The van der Waals surface area contributed by atoms with Gasteiger partial charge in [-0.15, -0.1) is 0 Å². The largest absolute Gasteiger partial charge is 0.488 e. The normalized spacial score (nSPS) is 14.1. The summed E-state index contributed by atoms with van der Waals surface area (Å²) in [4.78, 5) is 0. The van der Waals surface area contributed by atoms with Crippen molar-refractivity contribution in [3.05, 3.63) is 68.3 Å². The molecule has 2 aromatic carbocycles. The number of hydrogen-bond donors (Lipinski definition) is 0. The molecule has 0 spiro atoms. The SMILES string of the molecule is Clc1ccc2c(c1)OCC(I)=C2c1ccccc1. The van der Waals surface area contributed by atoms with Gasteiger partial charge in [0.25, 0.3) is 0 Å². The summed E-state index contributed by atoms with van der Waals surface area (Å²) >= 11 is 8.36. The molecule has 0 fully saturated rings. The van der Waals surface area contributed by atoms with Crippen LogP contribution in [0.1, 0.15) is 11.1 Å². The van der Waals surface area contributed by atoms with Gasteiger partial charge < -0.3 is 4.74 Å². The Balaban J connectivity index is 2.20. The van der Waals surface area contributed by atoms with Crippen molar-refractivity contribution in [3.63, 3.8) is 0 Å². The average Bonchev–Trinajstić information content (AvgIpc) is 2.40. The van der Waals surface area contributed by atoms with E-state index in [0.29, 0.717) is 11.6 Å². The Hall–Kier alpha value is -1.00. The van der Waals surface area contributed by atoms with E-state index in [1.54, 1.807) is 0 Å². The third-order valence-corrected chi connectivity index (χ3v) is 3.99. The zero-order valence-electron chi connectivity index (χ0n) is 9.49. The van der Waals surface area contributed by atoms with E-state index in [1.165, 1.54) is 14.7 Å². The lowest BCUT2D eigenvalue weighted by atomic mass is 9.95. The third kappa shape index (κ3) is 2.15. The van der Waals surface area contributed by atoms with Crippen molar-refractivity contribution in [1.82, 2.24) is 0 Å². The van der Waals surface area contributed by atoms with Crippen LogP contribution in [-0.4, -0.2) is 6.61 Å². The van der Waals surface area contributed by atoms with E-state index in [-0.39, 0.29) is 0 Å². The van der Waals surface area contributed by atoms with Gasteiger partial charge in [0.1, 0.15) is 12.4 Å². The number of rotatable bonds is 1. The topological polar surface area (TPSA) is 9.23 Å². The number of halogens is 2. The molecule has 0 bridgehead atoms. The number of fused-ring (bicyclic) bond motifs is 1. The molecular formula is C15H10ClIO. The molecule has 0 amide bonds. The Morgan fingerprint density at radius 1 is 1.06 bits per heavy atom. The lowest BCUT2D eigenvalue weighted by Gasteiger charge is -2.22. The van der Waals surface area contributed by atoms with Crippen LogP contribution in [0.4, 0.5) is 0 Å². The molecule has 1 heterocycles. The Morgan fingerprint density at radius 3 is 2.61 bits per heavy atom. The van der Waals surface area contributed by atoms with Gasteiger partial charge in [-0.3, -0.25) is 0 Å². The van der Waals surface area contributed by atoms with Crippen LogP contribution in [0.5, 0.6) is 5.75 Å². The van der Waals surface area contributed by atoms with Crippen molar-refractivity contribution in [2.45, 2.75) is 0 Å². The molecule has 3 rings (SSSR count). The second-order valence-electron chi connectivity index (χ2n) is 4.08. The fourth-order valence-corrected chi connectivity index (χ4v) is 3.02. The highest BCUT2D eigenvalue weighted by atomic mass is 127. The Morgan fingerprint density at radius 2 is 1.83 bits per heavy atom. The minimum Gasteiger partial charge on any atom is -0.488 e. The highest BCUT2D eigenvalue weighted by Crippen LogP contribution is 2.40. The summed E-state index contributed by atoms with van der Waals surface area (Å²) in [6.45, 7) is 0.609. The molecule has 1 nitrogen and oxygen atoms in total. The maximum absolute atomic E-state index is 6.01. The minimum atomic E-state index is 0.609. The standard InChI is InChI=1S/C15H10ClIO/c16-11-6-7-12-14(8-11)18-9-13(17)15(12)10-4-2-1-3-5-10/h1-8H,9H2. The van der Waals surface area contributed by atoms with Gasteiger partial charge in [-0.1, -0.05) is 41.9 Å². The molecule has 18 heavy (non-hydrogen) atoms. The quantitative estimate of drug-likeness (QED) is 0.649. The van der Waals surface area contributed by atoms with Crippen LogP contribution in [0.3, 0.4) is 0 Å². The van der Waals surface area contributed by atoms with Crippen molar-refractivity contribution in [1.29, 1.82) is 0 Å². The van der Waals surface area contributed by atoms with Crippen LogP contribution in [0.15, 0.2) is 52.1 Å². The van der Waals surface area contributed by atoms with Crippen molar-refractivity contribution in [3.8, 4) is 5.75 Å². The van der Waals surface area contributed by atoms with Crippen LogP contribution in [0.25, 0.3) is 5.57 Å². The van der Waals surface area contributed by atoms with Gasteiger partial charge in [0, 0.05) is 19.7 Å². The zero-order valence-corrected chi connectivity index (χ0v) is 12.4. The summed E-state index contributed by atoms with van der Waals surface area (Å²) in [7, 11) is 0.